The highest BCUT2D eigenvalue weighted by Crippen LogP contribution is 2.15. The molecular formula is C8H10O5S. The van der Waals surface area contributed by atoms with Gasteiger partial charge in [-0.2, -0.15) is 8.42 Å². The summed E-state index contributed by atoms with van der Waals surface area (Å²) in [5.74, 6) is 0. The summed E-state index contributed by atoms with van der Waals surface area (Å²) in [6.07, 6.45) is -1.04. The van der Waals surface area contributed by atoms with Crippen LogP contribution in [-0.4, -0.2) is 29.8 Å². The van der Waals surface area contributed by atoms with E-state index in [1.165, 1.54) is 12.1 Å². The molecule has 6 heteroatoms. The summed E-state index contributed by atoms with van der Waals surface area (Å²) < 4.78 is 29.9. The number of aliphatic hydroxyl groups excluding tert-OH is 2. The van der Waals surface area contributed by atoms with E-state index in [4.69, 9.17) is 14.8 Å². The summed E-state index contributed by atoms with van der Waals surface area (Å²) in [5.41, 5.74) is 0.389. The zero-order valence-electron chi connectivity index (χ0n) is 7.16. The van der Waals surface area contributed by atoms with Crippen LogP contribution in [0.5, 0.6) is 0 Å². The molecule has 0 radical (unpaired) electrons. The number of benzene rings is 1. The van der Waals surface area contributed by atoms with Crippen molar-refractivity contribution < 1.29 is 23.2 Å². The van der Waals surface area contributed by atoms with Gasteiger partial charge in [0.2, 0.25) is 0 Å². The summed E-state index contributed by atoms with van der Waals surface area (Å²) >= 11 is 0. The molecule has 1 rings (SSSR count). The van der Waals surface area contributed by atoms with Crippen molar-refractivity contribution >= 4 is 10.1 Å². The first-order valence-corrected chi connectivity index (χ1v) is 5.25. The van der Waals surface area contributed by atoms with Gasteiger partial charge >= 0.3 is 0 Å². The molecule has 1 aromatic rings. The lowest BCUT2D eigenvalue weighted by atomic mass is 10.1. The first-order valence-electron chi connectivity index (χ1n) is 3.81. The maximum absolute atomic E-state index is 10.6. The Balaban J connectivity index is 3.01. The van der Waals surface area contributed by atoms with Gasteiger partial charge in [-0.15, -0.1) is 0 Å². The van der Waals surface area contributed by atoms with E-state index < -0.39 is 22.8 Å². The second kappa shape index (κ2) is 4.05. The third-order valence-electron chi connectivity index (χ3n) is 1.74. The van der Waals surface area contributed by atoms with E-state index in [1.807, 2.05) is 0 Å². The SMILES string of the molecule is O=S(=O)(O)c1ccc(C(O)CO)cc1. The minimum Gasteiger partial charge on any atom is -0.393 e. The monoisotopic (exact) mass is 218 g/mol. The third-order valence-corrected chi connectivity index (χ3v) is 2.60. The zero-order chi connectivity index (χ0) is 10.8. The number of aliphatic hydroxyl groups is 2. The molecule has 0 amide bonds. The van der Waals surface area contributed by atoms with Crippen LogP contribution in [0.4, 0.5) is 0 Å². The van der Waals surface area contributed by atoms with Gasteiger partial charge in [-0.3, -0.25) is 4.55 Å². The largest absolute Gasteiger partial charge is 0.393 e. The van der Waals surface area contributed by atoms with Gasteiger partial charge in [-0.25, -0.2) is 0 Å². The Morgan fingerprint density at radius 3 is 2.07 bits per heavy atom. The average Bonchev–Trinajstić information content (AvgIpc) is 2.15. The van der Waals surface area contributed by atoms with Crippen molar-refractivity contribution in [3.63, 3.8) is 0 Å². The lowest BCUT2D eigenvalue weighted by Gasteiger charge is -2.07. The molecule has 3 N–H and O–H groups in total. The topological polar surface area (TPSA) is 94.8 Å². The highest BCUT2D eigenvalue weighted by Gasteiger charge is 2.10. The Hall–Kier alpha value is -0.950. The lowest BCUT2D eigenvalue weighted by Crippen LogP contribution is -2.03. The quantitative estimate of drug-likeness (QED) is 0.619. The number of hydrogen-bond acceptors (Lipinski definition) is 4. The van der Waals surface area contributed by atoms with Crippen LogP contribution in [0.25, 0.3) is 0 Å². The van der Waals surface area contributed by atoms with Crippen molar-refractivity contribution in [2.45, 2.75) is 11.0 Å². The van der Waals surface area contributed by atoms with Gasteiger partial charge in [-0.05, 0) is 17.7 Å². The molecule has 0 bridgehead atoms. The Labute approximate surface area is 81.4 Å². The van der Waals surface area contributed by atoms with Crippen LogP contribution in [0.1, 0.15) is 11.7 Å². The van der Waals surface area contributed by atoms with Crippen LogP contribution >= 0.6 is 0 Å². The molecule has 0 spiro atoms. The number of hydrogen-bond donors (Lipinski definition) is 3. The maximum Gasteiger partial charge on any atom is 0.294 e. The minimum absolute atomic E-state index is 0.244. The van der Waals surface area contributed by atoms with Gasteiger partial charge in [-0.1, -0.05) is 12.1 Å². The van der Waals surface area contributed by atoms with E-state index in [-0.39, 0.29) is 4.90 Å². The van der Waals surface area contributed by atoms with Crippen LogP contribution in [0.2, 0.25) is 0 Å². The van der Waals surface area contributed by atoms with E-state index >= 15 is 0 Å². The van der Waals surface area contributed by atoms with E-state index in [9.17, 15) is 8.42 Å². The van der Waals surface area contributed by atoms with E-state index in [2.05, 4.69) is 0 Å². The molecule has 14 heavy (non-hydrogen) atoms. The van der Waals surface area contributed by atoms with Crippen LogP contribution in [0.15, 0.2) is 29.2 Å². The molecule has 0 fully saturated rings. The Bertz CT molecular complexity index is 394. The van der Waals surface area contributed by atoms with Crippen molar-refractivity contribution in [3.05, 3.63) is 29.8 Å². The molecule has 1 unspecified atom stereocenters. The molecule has 1 aromatic carbocycles. The third kappa shape index (κ3) is 2.52. The molecule has 1 atom stereocenters. The van der Waals surface area contributed by atoms with Gasteiger partial charge in [0.1, 0.15) is 6.10 Å². The van der Waals surface area contributed by atoms with Gasteiger partial charge in [0.15, 0.2) is 0 Å². The molecule has 0 saturated carbocycles. The Morgan fingerprint density at radius 1 is 1.21 bits per heavy atom. The molecule has 0 aliphatic rings. The first kappa shape index (κ1) is 11.1. The average molecular weight is 218 g/mol. The maximum atomic E-state index is 10.6. The van der Waals surface area contributed by atoms with E-state index in [1.54, 1.807) is 0 Å². The Kier molecular flexibility index (Phi) is 3.22. The summed E-state index contributed by atoms with van der Waals surface area (Å²) in [6.45, 7) is -0.439. The van der Waals surface area contributed by atoms with E-state index in [0.717, 1.165) is 12.1 Å². The smallest absolute Gasteiger partial charge is 0.294 e. The first-order chi connectivity index (χ1) is 6.45. The van der Waals surface area contributed by atoms with Crippen LogP contribution in [0.3, 0.4) is 0 Å². The normalized spacial score (nSPS) is 13.9. The second-order valence-electron chi connectivity index (χ2n) is 2.74. The molecular weight excluding hydrogens is 208 g/mol. The molecule has 0 aromatic heterocycles. The van der Waals surface area contributed by atoms with Gasteiger partial charge in [0.25, 0.3) is 10.1 Å². The summed E-state index contributed by atoms with van der Waals surface area (Å²) in [4.78, 5) is -0.244. The summed E-state index contributed by atoms with van der Waals surface area (Å²) in [5, 5.41) is 17.8. The molecule has 0 saturated heterocycles. The molecule has 78 valence electrons. The summed E-state index contributed by atoms with van der Waals surface area (Å²) in [6, 6.07) is 4.96. The second-order valence-corrected chi connectivity index (χ2v) is 4.16. The fourth-order valence-corrected chi connectivity index (χ4v) is 1.45. The lowest BCUT2D eigenvalue weighted by molar-refractivity contribution is 0.0956. The zero-order valence-corrected chi connectivity index (χ0v) is 7.98. The molecule has 0 heterocycles. The fourth-order valence-electron chi connectivity index (χ4n) is 0.967. The van der Waals surface area contributed by atoms with Gasteiger partial charge < -0.3 is 10.2 Å². The van der Waals surface area contributed by atoms with Crippen LogP contribution in [-0.2, 0) is 10.1 Å². The van der Waals surface area contributed by atoms with Crippen LogP contribution in [0, 0.1) is 0 Å². The van der Waals surface area contributed by atoms with Crippen molar-refractivity contribution in [1.82, 2.24) is 0 Å². The highest BCUT2D eigenvalue weighted by atomic mass is 32.2. The van der Waals surface area contributed by atoms with Crippen molar-refractivity contribution in [2.24, 2.45) is 0 Å². The van der Waals surface area contributed by atoms with Gasteiger partial charge in [0, 0.05) is 0 Å². The van der Waals surface area contributed by atoms with Crippen LogP contribution < -0.4 is 0 Å². The van der Waals surface area contributed by atoms with Crippen molar-refractivity contribution in [3.8, 4) is 0 Å². The van der Waals surface area contributed by atoms with Crippen molar-refractivity contribution in [2.75, 3.05) is 6.61 Å². The Morgan fingerprint density at radius 2 is 1.71 bits per heavy atom. The predicted octanol–water partition coefficient (Wildman–Crippen LogP) is -0.0410. The molecule has 0 aliphatic carbocycles. The number of rotatable bonds is 3. The van der Waals surface area contributed by atoms with Crippen molar-refractivity contribution in [1.29, 1.82) is 0 Å². The minimum atomic E-state index is -4.20. The highest BCUT2D eigenvalue weighted by molar-refractivity contribution is 7.85. The molecule has 0 aliphatic heterocycles. The van der Waals surface area contributed by atoms with E-state index in [0.29, 0.717) is 5.56 Å². The van der Waals surface area contributed by atoms with Gasteiger partial charge in [0.05, 0.1) is 11.5 Å². The molecule has 5 nitrogen and oxygen atoms in total. The fraction of sp³-hybridized carbons (Fsp3) is 0.250. The standard InChI is InChI=1S/C8H10O5S/c9-5-8(10)6-1-3-7(4-2-6)14(11,12)13/h1-4,8-10H,5H2,(H,11,12,13). The summed E-state index contributed by atoms with van der Waals surface area (Å²) in [7, 11) is -4.20. The predicted molar refractivity (Wildman–Crippen MR) is 48.3 cm³/mol.